The first kappa shape index (κ1) is 14.2. The Bertz CT molecular complexity index is 236. The second-order valence-electron chi connectivity index (χ2n) is 4.27. The van der Waals surface area contributed by atoms with Crippen molar-refractivity contribution in [2.24, 2.45) is 16.8 Å². The monoisotopic (exact) mass is 245 g/mol. The molecule has 0 aromatic heterocycles. The van der Waals surface area contributed by atoms with Crippen LogP contribution in [0.4, 0.5) is 0 Å². The molecule has 1 heterocycles. The highest BCUT2D eigenvalue weighted by Gasteiger charge is 2.22. The Balaban J connectivity index is 2.16. The van der Waals surface area contributed by atoms with Gasteiger partial charge in [0.1, 0.15) is 5.84 Å². The van der Waals surface area contributed by atoms with Gasteiger partial charge in [-0.2, -0.15) is 0 Å². The Morgan fingerprint density at radius 1 is 1.47 bits per heavy atom. The van der Waals surface area contributed by atoms with Gasteiger partial charge in [-0.15, -0.1) is 0 Å². The first-order valence-corrected chi connectivity index (χ1v) is 6.04. The van der Waals surface area contributed by atoms with Crippen LogP contribution in [0.1, 0.15) is 12.8 Å². The van der Waals surface area contributed by atoms with E-state index in [1.807, 2.05) is 0 Å². The van der Waals surface area contributed by atoms with Crippen molar-refractivity contribution >= 4 is 5.84 Å². The molecule has 0 bridgehead atoms. The number of methoxy groups -OCH3 is 1. The number of nitrogens with two attached hydrogens (primary N) is 1. The first-order chi connectivity index (χ1) is 8.27. The summed E-state index contributed by atoms with van der Waals surface area (Å²) in [5.74, 6) is 0.516. The van der Waals surface area contributed by atoms with E-state index in [1.54, 1.807) is 7.11 Å². The fraction of sp³-hybridized carbons (Fsp3) is 0.909. The minimum atomic E-state index is 0.174. The van der Waals surface area contributed by atoms with Crippen molar-refractivity contribution in [3.63, 3.8) is 0 Å². The number of likely N-dealkylation sites (tertiary alicyclic amines) is 1. The lowest BCUT2D eigenvalue weighted by Crippen LogP contribution is -2.42. The van der Waals surface area contributed by atoms with Crippen molar-refractivity contribution < 1.29 is 14.7 Å². The molecular formula is C11H23N3O3. The molecule has 1 unspecified atom stereocenters. The highest BCUT2D eigenvalue weighted by atomic mass is 16.5. The summed E-state index contributed by atoms with van der Waals surface area (Å²) in [5.41, 5.74) is 5.63. The van der Waals surface area contributed by atoms with Gasteiger partial charge in [0.15, 0.2) is 0 Å². The second-order valence-corrected chi connectivity index (χ2v) is 4.27. The average molecular weight is 245 g/mol. The van der Waals surface area contributed by atoms with Crippen molar-refractivity contribution in [3.8, 4) is 0 Å². The van der Waals surface area contributed by atoms with Crippen LogP contribution in [0.25, 0.3) is 0 Å². The molecule has 1 rings (SSSR count). The lowest BCUT2D eigenvalue weighted by atomic mass is 9.97. The second kappa shape index (κ2) is 8.27. The van der Waals surface area contributed by atoms with Gasteiger partial charge in [0, 0.05) is 26.1 Å². The highest BCUT2D eigenvalue weighted by molar-refractivity contribution is 5.82. The van der Waals surface area contributed by atoms with Gasteiger partial charge >= 0.3 is 0 Å². The maximum Gasteiger partial charge on any atom is 0.143 e. The number of piperidine rings is 1. The van der Waals surface area contributed by atoms with Crippen LogP contribution >= 0.6 is 0 Å². The van der Waals surface area contributed by atoms with E-state index in [-0.39, 0.29) is 5.92 Å². The first-order valence-electron chi connectivity index (χ1n) is 6.04. The zero-order valence-corrected chi connectivity index (χ0v) is 10.5. The summed E-state index contributed by atoms with van der Waals surface area (Å²) in [7, 11) is 1.66. The number of rotatable bonds is 7. The Kier molecular flexibility index (Phi) is 6.91. The van der Waals surface area contributed by atoms with Gasteiger partial charge in [0.05, 0.1) is 19.8 Å². The molecule has 1 aliphatic rings. The van der Waals surface area contributed by atoms with E-state index < -0.39 is 0 Å². The molecule has 1 aliphatic heterocycles. The van der Waals surface area contributed by atoms with Crippen molar-refractivity contribution in [1.29, 1.82) is 0 Å². The van der Waals surface area contributed by atoms with E-state index in [9.17, 15) is 0 Å². The molecule has 1 fully saturated rings. The largest absolute Gasteiger partial charge is 0.409 e. The molecule has 0 radical (unpaired) electrons. The number of oxime groups is 1. The molecule has 17 heavy (non-hydrogen) atoms. The molecule has 0 spiro atoms. The van der Waals surface area contributed by atoms with E-state index in [0.717, 1.165) is 32.5 Å². The quantitative estimate of drug-likeness (QED) is 0.219. The summed E-state index contributed by atoms with van der Waals surface area (Å²) in [4.78, 5) is 2.29. The molecule has 1 saturated heterocycles. The number of hydrogen-bond acceptors (Lipinski definition) is 5. The van der Waals surface area contributed by atoms with E-state index >= 15 is 0 Å². The molecular weight excluding hydrogens is 222 g/mol. The minimum Gasteiger partial charge on any atom is -0.409 e. The van der Waals surface area contributed by atoms with Crippen LogP contribution in [0.5, 0.6) is 0 Å². The van der Waals surface area contributed by atoms with Crippen LogP contribution in [0.15, 0.2) is 5.16 Å². The molecule has 0 aromatic rings. The van der Waals surface area contributed by atoms with Gasteiger partial charge < -0.3 is 25.3 Å². The van der Waals surface area contributed by atoms with Crippen molar-refractivity contribution in [2.75, 3.05) is 46.6 Å². The number of nitrogens with zero attached hydrogens (tertiary/aromatic N) is 2. The van der Waals surface area contributed by atoms with Crippen LogP contribution in [-0.2, 0) is 9.47 Å². The normalized spacial score (nSPS) is 22.9. The molecule has 0 aliphatic carbocycles. The van der Waals surface area contributed by atoms with E-state index in [1.165, 1.54) is 0 Å². The van der Waals surface area contributed by atoms with Gasteiger partial charge in [0.25, 0.3) is 0 Å². The average Bonchev–Trinajstić information content (AvgIpc) is 2.38. The van der Waals surface area contributed by atoms with Crippen molar-refractivity contribution in [1.82, 2.24) is 4.90 Å². The van der Waals surface area contributed by atoms with Gasteiger partial charge in [-0.05, 0) is 19.4 Å². The topological polar surface area (TPSA) is 80.3 Å². The maximum absolute atomic E-state index is 8.65. The predicted octanol–water partition coefficient (Wildman–Crippen LogP) is 0.108. The summed E-state index contributed by atoms with van der Waals surface area (Å²) < 4.78 is 10.3. The Hall–Kier alpha value is -0.850. The molecule has 100 valence electrons. The van der Waals surface area contributed by atoms with Crippen LogP contribution in [-0.4, -0.2) is 62.5 Å². The van der Waals surface area contributed by atoms with Crippen molar-refractivity contribution in [3.05, 3.63) is 0 Å². The molecule has 6 heteroatoms. The van der Waals surface area contributed by atoms with Gasteiger partial charge in [-0.25, -0.2) is 0 Å². The Labute approximate surface area is 102 Å². The molecule has 0 saturated carbocycles. The van der Waals surface area contributed by atoms with Crippen LogP contribution < -0.4 is 5.73 Å². The summed E-state index contributed by atoms with van der Waals surface area (Å²) in [6.45, 7) is 4.76. The fourth-order valence-electron chi connectivity index (χ4n) is 2.02. The lowest BCUT2D eigenvalue weighted by Gasteiger charge is -2.31. The van der Waals surface area contributed by atoms with Crippen molar-refractivity contribution in [2.45, 2.75) is 12.8 Å². The molecule has 1 atom stereocenters. The summed E-state index contributed by atoms with van der Waals surface area (Å²) >= 11 is 0. The smallest absolute Gasteiger partial charge is 0.143 e. The molecule has 3 N–H and O–H groups in total. The van der Waals surface area contributed by atoms with E-state index in [4.69, 9.17) is 20.4 Å². The van der Waals surface area contributed by atoms with Crippen LogP contribution in [0.2, 0.25) is 0 Å². The minimum absolute atomic E-state index is 0.174. The lowest BCUT2D eigenvalue weighted by molar-refractivity contribution is 0.0521. The number of ether oxygens (including phenoxy) is 2. The summed E-state index contributed by atoms with van der Waals surface area (Å²) in [5, 5.41) is 11.7. The third kappa shape index (κ3) is 5.34. The third-order valence-corrected chi connectivity index (χ3v) is 3.02. The van der Waals surface area contributed by atoms with Gasteiger partial charge in [-0.3, -0.25) is 0 Å². The number of hydrogen-bond donors (Lipinski definition) is 2. The summed E-state index contributed by atoms with van der Waals surface area (Å²) in [6, 6.07) is 0. The summed E-state index contributed by atoms with van der Waals surface area (Å²) in [6.07, 6.45) is 2.08. The zero-order chi connectivity index (χ0) is 12.5. The molecule has 0 aromatic carbocycles. The third-order valence-electron chi connectivity index (χ3n) is 3.02. The maximum atomic E-state index is 8.65. The van der Waals surface area contributed by atoms with E-state index in [0.29, 0.717) is 25.7 Å². The Morgan fingerprint density at radius 3 is 3.00 bits per heavy atom. The van der Waals surface area contributed by atoms with Gasteiger partial charge in [-0.1, -0.05) is 5.16 Å². The van der Waals surface area contributed by atoms with Gasteiger partial charge in [0.2, 0.25) is 0 Å². The SMILES string of the molecule is COCCOCCN1CCCC(C(N)=NO)C1. The Morgan fingerprint density at radius 2 is 2.29 bits per heavy atom. The van der Waals surface area contributed by atoms with E-state index in [2.05, 4.69) is 10.1 Å². The van der Waals surface area contributed by atoms with Crippen LogP contribution in [0, 0.1) is 5.92 Å². The molecule has 6 nitrogen and oxygen atoms in total. The molecule has 0 amide bonds. The zero-order valence-electron chi connectivity index (χ0n) is 10.5. The number of amidine groups is 1. The fourth-order valence-corrected chi connectivity index (χ4v) is 2.02. The predicted molar refractivity (Wildman–Crippen MR) is 65.3 cm³/mol. The standard InChI is InChI=1S/C11H23N3O3/c1-16-7-8-17-6-5-14-4-2-3-10(9-14)11(12)13-15/h10,15H,2-9H2,1H3,(H2,12,13). The van der Waals surface area contributed by atoms with Crippen LogP contribution in [0.3, 0.4) is 0 Å². The highest BCUT2D eigenvalue weighted by Crippen LogP contribution is 2.16.